The highest BCUT2D eigenvalue weighted by atomic mass is 16.5. The van der Waals surface area contributed by atoms with Gasteiger partial charge in [0.2, 0.25) is 0 Å². The molecule has 21 heavy (non-hydrogen) atoms. The van der Waals surface area contributed by atoms with Gasteiger partial charge in [0.25, 0.3) is 0 Å². The summed E-state index contributed by atoms with van der Waals surface area (Å²) in [6, 6.07) is 20.0. The zero-order valence-electron chi connectivity index (χ0n) is 12.2. The zero-order valence-corrected chi connectivity index (χ0v) is 12.2. The van der Waals surface area contributed by atoms with Crippen molar-refractivity contribution < 1.29 is 9.53 Å². The minimum atomic E-state index is -0.267. The van der Waals surface area contributed by atoms with Gasteiger partial charge in [-0.25, -0.2) is 0 Å². The third-order valence-corrected chi connectivity index (χ3v) is 3.67. The molecule has 110 valence electrons. The van der Waals surface area contributed by atoms with Crippen LogP contribution in [0.25, 0.3) is 0 Å². The summed E-state index contributed by atoms with van der Waals surface area (Å²) in [7, 11) is 1.39. The fourth-order valence-corrected chi connectivity index (χ4v) is 2.50. The van der Waals surface area contributed by atoms with Crippen LogP contribution < -0.4 is 5.73 Å². The number of methoxy groups -OCH3 is 1. The molecule has 3 nitrogen and oxygen atoms in total. The Morgan fingerprint density at radius 3 is 2.19 bits per heavy atom. The summed E-state index contributed by atoms with van der Waals surface area (Å²) in [5, 5.41) is 0. The number of nitrogens with two attached hydrogens (primary N) is 1. The van der Waals surface area contributed by atoms with E-state index in [1.807, 2.05) is 36.4 Å². The first-order chi connectivity index (χ1) is 10.2. The number of carbonyl (C=O) groups excluding carboxylic acids is 1. The number of esters is 1. The van der Waals surface area contributed by atoms with Crippen molar-refractivity contribution in [1.29, 1.82) is 0 Å². The molecule has 3 heteroatoms. The van der Waals surface area contributed by atoms with Crippen molar-refractivity contribution in [3.63, 3.8) is 0 Å². The molecular formula is C18H21NO2. The Bertz CT molecular complexity index is 554. The summed E-state index contributed by atoms with van der Waals surface area (Å²) in [4.78, 5) is 11.5. The molecule has 0 aliphatic heterocycles. The maximum absolute atomic E-state index is 11.5. The number of carbonyl (C=O) groups is 1. The lowest BCUT2D eigenvalue weighted by molar-refractivity contribution is -0.141. The Labute approximate surface area is 125 Å². The molecule has 2 aromatic rings. The Kier molecular flexibility index (Phi) is 5.52. The first-order valence-electron chi connectivity index (χ1n) is 7.12. The van der Waals surface area contributed by atoms with Gasteiger partial charge in [0.05, 0.1) is 13.5 Å². The maximum Gasteiger partial charge on any atom is 0.307 e. The molecule has 0 aromatic heterocycles. The Morgan fingerprint density at radius 1 is 1.05 bits per heavy atom. The number of ether oxygens (including phenoxy) is 1. The van der Waals surface area contributed by atoms with Crippen LogP contribution in [0.4, 0.5) is 0 Å². The lowest BCUT2D eigenvalue weighted by atomic mass is 9.85. The van der Waals surface area contributed by atoms with Crippen LogP contribution in [0.2, 0.25) is 0 Å². The highest BCUT2D eigenvalue weighted by Gasteiger charge is 2.23. The van der Waals surface area contributed by atoms with E-state index in [9.17, 15) is 4.79 Å². The normalized spacial score (nSPS) is 13.4. The number of hydrogen-bond donors (Lipinski definition) is 1. The molecule has 2 aromatic carbocycles. The summed E-state index contributed by atoms with van der Waals surface area (Å²) in [6.45, 7) is 0. The van der Waals surface area contributed by atoms with Crippen LogP contribution in [0.15, 0.2) is 60.7 Å². The van der Waals surface area contributed by atoms with Crippen molar-refractivity contribution in [2.75, 3.05) is 7.11 Å². The molecule has 2 atom stereocenters. The summed E-state index contributed by atoms with van der Waals surface area (Å²) in [5.74, 6) is -0.177. The van der Waals surface area contributed by atoms with E-state index in [1.165, 1.54) is 12.7 Å². The SMILES string of the molecule is COC(=O)CC(N)C(Cc1ccccc1)c1ccccc1. The number of benzene rings is 2. The Morgan fingerprint density at radius 2 is 1.62 bits per heavy atom. The van der Waals surface area contributed by atoms with Crippen LogP contribution in [0.3, 0.4) is 0 Å². The van der Waals surface area contributed by atoms with Gasteiger partial charge >= 0.3 is 5.97 Å². The van der Waals surface area contributed by atoms with Gasteiger partial charge in [0, 0.05) is 12.0 Å². The van der Waals surface area contributed by atoms with Gasteiger partial charge in [-0.15, -0.1) is 0 Å². The van der Waals surface area contributed by atoms with Crippen LogP contribution in [0.5, 0.6) is 0 Å². The lowest BCUT2D eigenvalue weighted by Crippen LogP contribution is -2.32. The zero-order chi connectivity index (χ0) is 15.1. The van der Waals surface area contributed by atoms with E-state index < -0.39 is 0 Å². The fourth-order valence-electron chi connectivity index (χ4n) is 2.50. The first-order valence-corrected chi connectivity index (χ1v) is 7.12. The summed E-state index contributed by atoms with van der Waals surface area (Å²) in [5.41, 5.74) is 8.64. The van der Waals surface area contributed by atoms with Crippen LogP contribution >= 0.6 is 0 Å². The van der Waals surface area contributed by atoms with Gasteiger partial charge in [0.15, 0.2) is 0 Å². The van der Waals surface area contributed by atoms with Gasteiger partial charge in [-0.05, 0) is 17.5 Å². The smallest absolute Gasteiger partial charge is 0.307 e. The van der Waals surface area contributed by atoms with Gasteiger partial charge in [-0.1, -0.05) is 60.7 Å². The molecule has 0 amide bonds. The second-order valence-corrected chi connectivity index (χ2v) is 5.15. The highest BCUT2D eigenvalue weighted by molar-refractivity contribution is 5.70. The Balaban J connectivity index is 2.20. The van der Waals surface area contributed by atoms with Crippen molar-refractivity contribution in [2.24, 2.45) is 5.73 Å². The molecule has 0 aliphatic carbocycles. The highest BCUT2D eigenvalue weighted by Crippen LogP contribution is 2.25. The van der Waals surface area contributed by atoms with Crippen LogP contribution in [0, 0.1) is 0 Å². The largest absolute Gasteiger partial charge is 0.469 e. The third kappa shape index (κ3) is 4.43. The summed E-state index contributed by atoms with van der Waals surface area (Å²) < 4.78 is 4.74. The quantitative estimate of drug-likeness (QED) is 0.829. The molecular weight excluding hydrogens is 262 g/mol. The summed E-state index contributed by atoms with van der Waals surface area (Å²) >= 11 is 0. The van der Waals surface area contributed by atoms with Gasteiger partial charge in [-0.2, -0.15) is 0 Å². The van der Waals surface area contributed by atoms with Gasteiger partial charge in [-0.3, -0.25) is 4.79 Å². The Hall–Kier alpha value is -2.13. The van der Waals surface area contributed by atoms with Crippen molar-refractivity contribution in [1.82, 2.24) is 0 Å². The molecule has 0 radical (unpaired) electrons. The number of hydrogen-bond acceptors (Lipinski definition) is 3. The van der Waals surface area contributed by atoms with E-state index in [2.05, 4.69) is 24.3 Å². The summed E-state index contributed by atoms with van der Waals surface area (Å²) in [6.07, 6.45) is 1.03. The van der Waals surface area contributed by atoms with Gasteiger partial charge < -0.3 is 10.5 Å². The van der Waals surface area contributed by atoms with E-state index >= 15 is 0 Å². The number of rotatable bonds is 6. The predicted molar refractivity (Wildman–Crippen MR) is 83.9 cm³/mol. The molecule has 0 bridgehead atoms. The molecule has 0 fully saturated rings. The third-order valence-electron chi connectivity index (χ3n) is 3.67. The first kappa shape index (κ1) is 15.3. The second-order valence-electron chi connectivity index (χ2n) is 5.15. The molecule has 2 N–H and O–H groups in total. The monoisotopic (exact) mass is 283 g/mol. The molecule has 0 saturated carbocycles. The van der Waals surface area contributed by atoms with Crippen LogP contribution in [-0.4, -0.2) is 19.1 Å². The molecule has 0 saturated heterocycles. The van der Waals surface area contributed by atoms with E-state index in [4.69, 9.17) is 10.5 Å². The fraction of sp³-hybridized carbons (Fsp3) is 0.278. The van der Waals surface area contributed by atoms with Crippen molar-refractivity contribution in [3.05, 3.63) is 71.8 Å². The molecule has 2 rings (SSSR count). The van der Waals surface area contributed by atoms with E-state index in [0.29, 0.717) is 0 Å². The van der Waals surface area contributed by atoms with E-state index in [0.717, 1.165) is 12.0 Å². The van der Waals surface area contributed by atoms with Crippen LogP contribution in [-0.2, 0) is 16.0 Å². The second kappa shape index (κ2) is 7.60. The van der Waals surface area contributed by atoms with Crippen molar-refractivity contribution in [2.45, 2.75) is 24.8 Å². The van der Waals surface area contributed by atoms with Crippen LogP contribution in [0.1, 0.15) is 23.5 Å². The molecule has 0 spiro atoms. The lowest BCUT2D eigenvalue weighted by Gasteiger charge is -2.24. The van der Waals surface area contributed by atoms with Crippen molar-refractivity contribution >= 4 is 5.97 Å². The van der Waals surface area contributed by atoms with E-state index in [-0.39, 0.29) is 24.3 Å². The van der Waals surface area contributed by atoms with E-state index in [1.54, 1.807) is 0 Å². The van der Waals surface area contributed by atoms with Gasteiger partial charge in [0.1, 0.15) is 0 Å². The predicted octanol–water partition coefficient (Wildman–Crippen LogP) is 2.90. The standard InChI is InChI=1S/C18H21NO2/c1-21-18(20)13-17(19)16(15-10-6-3-7-11-15)12-14-8-4-2-5-9-14/h2-11,16-17H,12-13,19H2,1H3. The molecule has 0 heterocycles. The topological polar surface area (TPSA) is 52.3 Å². The average Bonchev–Trinajstić information content (AvgIpc) is 2.54. The maximum atomic E-state index is 11.5. The molecule has 2 unspecified atom stereocenters. The van der Waals surface area contributed by atoms with Crippen molar-refractivity contribution in [3.8, 4) is 0 Å². The average molecular weight is 283 g/mol. The molecule has 0 aliphatic rings. The minimum Gasteiger partial charge on any atom is -0.469 e. The minimum absolute atomic E-state index is 0.0905.